The zero-order valence-electron chi connectivity index (χ0n) is 10.9. The van der Waals surface area contributed by atoms with Crippen LogP contribution in [0.15, 0.2) is 30.3 Å². The van der Waals surface area contributed by atoms with Crippen LogP contribution in [0.1, 0.15) is 24.8 Å². The number of Topliss-reactive ketones (excluding diaryl/α,β-unsaturated/α-hetero) is 1. The molecule has 19 heavy (non-hydrogen) atoms. The second-order valence-corrected chi connectivity index (χ2v) is 4.66. The third-order valence-corrected chi connectivity index (χ3v) is 3.37. The Morgan fingerprint density at radius 2 is 1.95 bits per heavy atom. The van der Waals surface area contributed by atoms with Crippen LogP contribution in [-0.2, 0) is 9.59 Å². The predicted molar refractivity (Wildman–Crippen MR) is 77.8 cm³/mol. The molecule has 0 amide bonds. The minimum atomic E-state index is -0.990. The van der Waals surface area contributed by atoms with Crippen LogP contribution in [0.25, 0.3) is 0 Å². The van der Waals surface area contributed by atoms with Crippen molar-refractivity contribution in [2.75, 3.05) is 12.3 Å². The van der Waals surface area contributed by atoms with Crippen LogP contribution < -0.4 is 5.32 Å². The number of carbonyl (C=O) groups excluding carboxylic acids is 1. The summed E-state index contributed by atoms with van der Waals surface area (Å²) in [5.41, 5.74) is 0.967. The van der Waals surface area contributed by atoms with Crippen molar-refractivity contribution in [1.82, 2.24) is 5.32 Å². The summed E-state index contributed by atoms with van der Waals surface area (Å²) in [6.07, 6.45) is 0.698. The first-order valence-corrected chi connectivity index (χ1v) is 6.88. The average Bonchev–Trinajstić information content (AvgIpc) is 2.41. The molecule has 0 fully saturated rings. The van der Waals surface area contributed by atoms with Gasteiger partial charge in [0.15, 0.2) is 5.78 Å². The van der Waals surface area contributed by atoms with Crippen molar-refractivity contribution in [3.63, 3.8) is 0 Å². The van der Waals surface area contributed by atoms with E-state index < -0.39 is 12.0 Å². The van der Waals surface area contributed by atoms with E-state index in [1.165, 1.54) is 0 Å². The number of carbonyl (C=O) groups is 2. The SMILES string of the molecule is CCC(C(=O)CN[C@H](CS)C(=O)O)c1ccccc1. The normalized spacial score (nSPS) is 13.8. The summed E-state index contributed by atoms with van der Waals surface area (Å²) in [6.45, 7) is 1.99. The lowest BCUT2D eigenvalue weighted by Gasteiger charge is -2.16. The Morgan fingerprint density at radius 1 is 1.32 bits per heavy atom. The van der Waals surface area contributed by atoms with E-state index in [-0.39, 0.29) is 24.0 Å². The zero-order valence-corrected chi connectivity index (χ0v) is 11.8. The van der Waals surface area contributed by atoms with E-state index in [9.17, 15) is 9.59 Å². The Hall–Kier alpha value is -1.33. The molecule has 0 radical (unpaired) electrons. The van der Waals surface area contributed by atoms with E-state index in [0.717, 1.165) is 5.56 Å². The van der Waals surface area contributed by atoms with Crippen molar-refractivity contribution in [3.8, 4) is 0 Å². The molecule has 0 spiro atoms. The van der Waals surface area contributed by atoms with Gasteiger partial charge in [-0.2, -0.15) is 12.6 Å². The van der Waals surface area contributed by atoms with Gasteiger partial charge in [-0.15, -0.1) is 0 Å². The van der Waals surface area contributed by atoms with Crippen LogP contribution in [0.4, 0.5) is 0 Å². The number of thiol groups is 1. The van der Waals surface area contributed by atoms with Gasteiger partial charge in [0.1, 0.15) is 6.04 Å². The number of hydrogen-bond acceptors (Lipinski definition) is 4. The molecule has 1 unspecified atom stereocenters. The molecule has 1 aromatic carbocycles. The Bertz CT molecular complexity index is 422. The summed E-state index contributed by atoms with van der Waals surface area (Å²) in [5, 5.41) is 11.6. The third kappa shape index (κ3) is 4.69. The lowest BCUT2D eigenvalue weighted by Crippen LogP contribution is -2.42. The summed E-state index contributed by atoms with van der Waals surface area (Å²) in [4.78, 5) is 23.0. The second kappa shape index (κ2) is 7.96. The van der Waals surface area contributed by atoms with Gasteiger partial charge in [0.05, 0.1) is 6.54 Å². The van der Waals surface area contributed by atoms with Crippen molar-refractivity contribution in [1.29, 1.82) is 0 Å². The van der Waals surface area contributed by atoms with Gasteiger partial charge in [0, 0.05) is 11.7 Å². The zero-order chi connectivity index (χ0) is 14.3. The topological polar surface area (TPSA) is 66.4 Å². The fourth-order valence-corrected chi connectivity index (χ4v) is 2.20. The Labute approximate surface area is 118 Å². The molecule has 0 saturated heterocycles. The first-order valence-electron chi connectivity index (χ1n) is 6.24. The lowest BCUT2D eigenvalue weighted by atomic mass is 9.92. The monoisotopic (exact) mass is 281 g/mol. The fourth-order valence-electron chi connectivity index (χ4n) is 1.91. The standard InChI is InChI=1S/C14H19NO3S/c1-2-11(10-6-4-3-5-7-10)13(16)8-15-12(9-19)14(17)18/h3-7,11-12,15,19H,2,8-9H2,1H3,(H,17,18)/t11?,12-/m1/s1. The van der Waals surface area contributed by atoms with Crippen LogP contribution in [-0.4, -0.2) is 35.2 Å². The van der Waals surface area contributed by atoms with E-state index in [1.807, 2.05) is 37.3 Å². The predicted octanol–water partition coefficient (Wildman–Crippen LogP) is 1.72. The van der Waals surface area contributed by atoms with E-state index in [2.05, 4.69) is 17.9 Å². The van der Waals surface area contributed by atoms with Crippen LogP contribution in [0, 0.1) is 0 Å². The highest BCUT2D eigenvalue weighted by Gasteiger charge is 2.21. The summed E-state index contributed by atoms with van der Waals surface area (Å²) in [5.74, 6) is -1.02. The molecular formula is C14H19NO3S. The Kier molecular flexibility index (Phi) is 6.59. The van der Waals surface area contributed by atoms with E-state index >= 15 is 0 Å². The van der Waals surface area contributed by atoms with Gasteiger partial charge < -0.3 is 5.11 Å². The van der Waals surface area contributed by atoms with Gasteiger partial charge in [0.25, 0.3) is 0 Å². The molecule has 4 nitrogen and oxygen atoms in total. The molecule has 0 aliphatic rings. The van der Waals surface area contributed by atoms with Crippen molar-refractivity contribution in [2.45, 2.75) is 25.3 Å². The first-order chi connectivity index (χ1) is 9.10. The summed E-state index contributed by atoms with van der Waals surface area (Å²) < 4.78 is 0. The van der Waals surface area contributed by atoms with E-state index in [1.54, 1.807) is 0 Å². The van der Waals surface area contributed by atoms with Gasteiger partial charge >= 0.3 is 5.97 Å². The van der Waals surface area contributed by atoms with Crippen molar-refractivity contribution >= 4 is 24.4 Å². The highest BCUT2D eigenvalue weighted by molar-refractivity contribution is 7.80. The van der Waals surface area contributed by atoms with Crippen LogP contribution in [0.5, 0.6) is 0 Å². The molecule has 0 aliphatic carbocycles. The lowest BCUT2D eigenvalue weighted by molar-refractivity contribution is -0.138. The molecule has 2 N–H and O–H groups in total. The number of aliphatic carboxylic acids is 1. The molecular weight excluding hydrogens is 262 g/mol. The molecule has 5 heteroatoms. The van der Waals surface area contributed by atoms with Gasteiger partial charge in [-0.3, -0.25) is 14.9 Å². The van der Waals surface area contributed by atoms with Crippen molar-refractivity contribution < 1.29 is 14.7 Å². The summed E-state index contributed by atoms with van der Waals surface area (Å²) >= 11 is 3.95. The highest BCUT2D eigenvalue weighted by Crippen LogP contribution is 2.19. The van der Waals surface area contributed by atoms with Crippen LogP contribution >= 0.6 is 12.6 Å². The van der Waals surface area contributed by atoms with Crippen LogP contribution in [0.3, 0.4) is 0 Å². The Morgan fingerprint density at radius 3 is 2.42 bits per heavy atom. The molecule has 104 valence electrons. The van der Waals surface area contributed by atoms with E-state index in [4.69, 9.17) is 5.11 Å². The smallest absolute Gasteiger partial charge is 0.321 e. The molecule has 1 rings (SSSR count). The second-order valence-electron chi connectivity index (χ2n) is 4.29. The summed E-state index contributed by atoms with van der Waals surface area (Å²) in [6, 6.07) is 8.73. The van der Waals surface area contributed by atoms with Gasteiger partial charge in [0.2, 0.25) is 0 Å². The number of carboxylic acid groups (broad SMARTS) is 1. The molecule has 0 aromatic heterocycles. The number of benzene rings is 1. The summed E-state index contributed by atoms with van der Waals surface area (Å²) in [7, 11) is 0. The molecule has 0 bridgehead atoms. The van der Waals surface area contributed by atoms with Crippen molar-refractivity contribution in [3.05, 3.63) is 35.9 Å². The third-order valence-electron chi connectivity index (χ3n) is 3.00. The number of nitrogens with one attached hydrogen (secondary N) is 1. The quantitative estimate of drug-likeness (QED) is 0.635. The highest BCUT2D eigenvalue weighted by atomic mass is 32.1. The maximum Gasteiger partial charge on any atom is 0.321 e. The number of ketones is 1. The molecule has 2 atom stereocenters. The van der Waals surface area contributed by atoms with Gasteiger partial charge in [-0.1, -0.05) is 37.3 Å². The van der Waals surface area contributed by atoms with Crippen LogP contribution in [0.2, 0.25) is 0 Å². The molecule has 0 aliphatic heterocycles. The van der Waals surface area contributed by atoms with E-state index in [0.29, 0.717) is 6.42 Å². The first kappa shape index (κ1) is 15.7. The van der Waals surface area contributed by atoms with Gasteiger partial charge in [-0.05, 0) is 12.0 Å². The molecule has 0 heterocycles. The van der Waals surface area contributed by atoms with Gasteiger partial charge in [-0.25, -0.2) is 0 Å². The minimum absolute atomic E-state index is 0.00160. The molecule has 0 saturated carbocycles. The maximum absolute atomic E-state index is 12.1. The maximum atomic E-state index is 12.1. The number of carboxylic acids is 1. The minimum Gasteiger partial charge on any atom is -0.480 e. The average molecular weight is 281 g/mol. The fraction of sp³-hybridized carbons (Fsp3) is 0.429. The van der Waals surface area contributed by atoms with Crippen molar-refractivity contribution in [2.24, 2.45) is 0 Å². The Balaban J connectivity index is 2.63. The number of hydrogen-bond donors (Lipinski definition) is 3. The largest absolute Gasteiger partial charge is 0.480 e. The molecule has 1 aromatic rings. The number of rotatable bonds is 8.